The number of Topliss-reactive ketones (excluding diaryl/α,β-unsaturated/α-hetero) is 1. The zero-order chi connectivity index (χ0) is 24.0. The summed E-state index contributed by atoms with van der Waals surface area (Å²) in [5.41, 5.74) is 4.91. The summed E-state index contributed by atoms with van der Waals surface area (Å²) in [7, 11) is 1.38. The van der Waals surface area contributed by atoms with Crippen molar-refractivity contribution in [3.63, 3.8) is 0 Å². The second kappa shape index (κ2) is 15.0. The summed E-state index contributed by atoms with van der Waals surface area (Å²) in [4.78, 5) is 24.5. The smallest absolute Gasteiger partial charge is 0.312 e. The van der Waals surface area contributed by atoms with Gasteiger partial charge in [-0.25, -0.2) is 0 Å². The molecule has 0 aliphatic carbocycles. The van der Waals surface area contributed by atoms with Crippen LogP contribution >= 0.6 is 0 Å². The molecule has 0 aliphatic heterocycles. The van der Waals surface area contributed by atoms with E-state index in [1.54, 1.807) is 0 Å². The monoisotopic (exact) mass is 430 g/mol. The first kappa shape index (κ1) is 29.1. The average Bonchev–Trinajstić information content (AvgIpc) is 2.65. The molecule has 3 heteroatoms. The van der Waals surface area contributed by atoms with Crippen LogP contribution in [0.2, 0.25) is 0 Å². The number of esters is 1. The lowest BCUT2D eigenvalue weighted by atomic mass is 9.84. The molecule has 0 spiro atoms. The van der Waals surface area contributed by atoms with E-state index < -0.39 is 11.3 Å². The van der Waals surface area contributed by atoms with Gasteiger partial charge in [-0.15, -0.1) is 0 Å². The van der Waals surface area contributed by atoms with E-state index in [1.165, 1.54) is 23.8 Å². The number of rotatable bonds is 13. The molecule has 176 valence electrons. The van der Waals surface area contributed by atoms with Crippen LogP contribution in [0, 0.1) is 11.3 Å². The van der Waals surface area contributed by atoms with Gasteiger partial charge in [0.05, 0.1) is 13.0 Å². The molecule has 3 nitrogen and oxygen atoms in total. The molecule has 0 aliphatic rings. The number of allylic oxidation sites excluding steroid dienone is 7. The Hall–Kier alpha value is -1.90. The van der Waals surface area contributed by atoms with Crippen molar-refractivity contribution in [1.82, 2.24) is 0 Å². The fraction of sp³-hybridized carbons (Fsp3) is 0.643. The van der Waals surface area contributed by atoms with E-state index in [0.29, 0.717) is 0 Å². The highest BCUT2D eigenvalue weighted by Gasteiger charge is 2.27. The SMILES string of the molecule is COC(=O)C(/C=C(\C)CC/C=C(\C)CC/C=C(\C)CCC=C(C)C)CC(=O)C(C)(C)C. The minimum absolute atomic E-state index is 0.0758. The predicted octanol–water partition coefficient (Wildman–Crippen LogP) is 7.93. The van der Waals surface area contributed by atoms with E-state index in [-0.39, 0.29) is 18.2 Å². The van der Waals surface area contributed by atoms with Crippen LogP contribution in [0.4, 0.5) is 0 Å². The van der Waals surface area contributed by atoms with Gasteiger partial charge in [-0.1, -0.05) is 67.4 Å². The Morgan fingerprint density at radius 1 is 0.774 bits per heavy atom. The molecule has 0 N–H and O–H groups in total. The first-order valence-corrected chi connectivity index (χ1v) is 11.6. The van der Waals surface area contributed by atoms with Crippen LogP contribution in [-0.4, -0.2) is 18.9 Å². The van der Waals surface area contributed by atoms with Gasteiger partial charge >= 0.3 is 5.97 Å². The van der Waals surface area contributed by atoms with Crippen molar-refractivity contribution < 1.29 is 14.3 Å². The molecule has 0 heterocycles. The third kappa shape index (κ3) is 14.7. The first-order valence-electron chi connectivity index (χ1n) is 11.6. The Kier molecular flexibility index (Phi) is 14.1. The maximum absolute atomic E-state index is 12.4. The fourth-order valence-corrected chi connectivity index (χ4v) is 3.18. The highest BCUT2D eigenvalue weighted by Crippen LogP contribution is 2.23. The molecule has 1 atom stereocenters. The second-order valence-corrected chi connectivity index (χ2v) is 10.0. The van der Waals surface area contributed by atoms with Crippen molar-refractivity contribution in [1.29, 1.82) is 0 Å². The van der Waals surface area contributed by atoms with Crippen molar-refractivity contribution in [2.45, 2.75) is 100 Å². The van der Waals surface area contributed by atoms with Crippen molar-refractivity contribution >= 4 is 11.8 Å². The van der Waals surface area contributed by atoms with Crippen molar-refractivity contribution in [2.24, 2.45) is 11.3 Å². The number of ether oxygens (including phenoxy) is 1. The van der Waals surface area contributed by atoms with Crippen LogP contribution in [-0.2, 0) is 14.3 Å². The van der Waals surface area contributed by atoms with Crippen LogP contribution in [0.25, 0.3) is 0 Å². The first-order chi connectivity index (χ1) is 14.4. The van der Waals surface area contributed by atoms with Gasteiger partial charge in [0.15, 0.2) is 0 Å². The van der Waals surface area contributed by atoms with E-state index in [0.717, 1.165) is 44.1 Å². The third-order valence-electron chi connectivity index (χ3n) is 5.39. The summed E-state index contributed by atoms with van der Waals surface area (Å²) in [6.45, 7) is 16.4. The molecule has 0 fully saturated rings. The van der Waals surface area contributed by atoms with E-state index in [2.05, 4.69) is 45.9 Å². The molecule has 1 unspecified atom stereocenters. The van der Waals surface area contributed by atoms with E-state index in [4.69, 9.17) is 4.74 Å². The summed E-state index contributed by atoms with van der Waals surface area (Å²) in [5, 5.41) is 0. The molecule has 0 aromatic carbocycles. The molecule has 0 bridgehead atoms. The van der Waals surface area contributed by atoms with Gasteiger partial charge in [0.1, 0.15) is 5.78 Å². The average molecular weight is 431 g/mol. The van der Waals surface area contributed by atoms with E-state index in [1.807, 2.05) is 33.8 Å². The minimum atomic E-state index is -0.499. The summed E-state index contributed by atoms with van der Waals surface area (Å²) in [6, 6.07) is 0. The summed E-state index contributed by atoms with van der Waals surface area (Å²) in [5.74, 6) is -0.761. The number of hydrogen-bond acceptors (Lipinski definition) is 3. The molecule has 0 radical (unpaired) electrons. The molecule has 0 saturated heterocycles. The molecular formula is C28H46O3. The van der Waals surface area contributed by atoms with Gasteiger partial charge in [-0.05, 0) is 73.1 Å². The summed E-state index contributed by atoms with van der Waals surface area (Å²) in [6.07, 6.45) is 15.3. The van der Waals surface area contributed by atoms with Gasteiger partial charge in [0, 0.05) is 11.8 Å². The number of carbonyl (C=O) groups excluding carboxylic acids is 2. The third-order valence-corrected chi connectivity index (χ3v) is 5.39. The topological polar surface area (TPSA) is 43.4 Å². The maximum atomic E-state index is 12.4. The summed E-state index contributed by atoms with van der Waals surface area (Å²) >= 11 is 0. The highest BCUT2D eigenvalue weighted by atomic mass is 16.5. The lowest BCUT2D eigenvalue weighted by Gasteiger charge is -2.19. The van der Waals surface area contributed by atoms with Gasteiger partial charge in [0.2, 0.25) is 0 Å². The standard InChI is InChI=1S/C28H46O3/c1-21(2)13-10-14-22(3)15-11-16-23(4)17-12-18-24(5)19-25(27(30)31-9)20-26(29)28(6,7)8/h13,15,17,19,25H,10-12,14,16,18,20H2,1-9H3/b22-15+,23-17+,24-19+. The molecule has 0 amide bonds. The van der Waals surface area contributed by atoms with Crippen LogP contribution in [0.3, 0.4) is 0 Å². The lowest BCUT2D eigenvalue weighted by molar-refractivity contribution is -0.146. The fourth-order valence-electron chi connectivity index (χ4n) is 3.18. The van der Waals surface area contributed by atoms with Gasteiger partial charge in [-0.2, -0.15) is 0 Å². The van der Waals surface area contributed by atoms with Crippen molar-refractivity contribution in [3.8, 4) is 0 Å². The molecule has 0 rings (SSSR count). The molecule has 31 heavy (non-hydrogen) atoms. The molecule has 0 saturated carbocycles. The largest absolute Gasteiger partial charge is 0.469 e. The Balaban J connectivity index is 4.65. The Morgan fingerprint density at radius 3 is 1.65 bits per heavy atom. The van der Waals surface area contributed by atoms with E-state index >= 15 is 0 Å². The minimum Gasteiger partial charge on any atom is -0.469 e. The molecule has 0 aromatic heterocycles. The van der Waals surface area contributed by atoms with E-state index in [9.17, 15) is 9.59 Å². The number of carbonyl (C=O) groups is 2. The lowest BCUT2D eigenvalue weighted by Crippen LogP contribution is -2.26. The van der Waals surface area contributed by atoms with Gasteiger partial charge in [0.25, 0.3) is 0 Å². The van der Waals surface area contributed by atoms with Crippen molar-refractivity contribution in [3.05, 3.63) is 46.6 Å². The number of methoxy groups -OCH3 is 1. The number of ketones is 1. The normalized spacial score (nSPS) is 14.3. The molecule has 0 aromatic rings. The van der Waals surface area contributed by atoms with Gasteiger partial charge < -0.3 is 4.74 Å². The quantitative estimate of drug-likeness (QED) is 0.220. The van der Waals surface area contributed by atoms with Crippen LogP contribution in [0.5, 0.6) is 0 Å². The maximum Gasteiger partial charge on any atom is 0.312 e. The van der Waals surface area contributed by atoms with Crippen LogP contribution < -0.4 is 0 Å². The zero-order valence-electron chi connectivity index (χ0n) is 21.6. The molecular weight excluding hydrogens is 384 g/mol. The van der Waals surface area contributed by atoms with Crippen LogP contribution in [0.1, 0.15) is 100 Å². The Morgan fingerprint density at radius 2 is 1.23 bits per heavy atom. The Bertz CT molecular complexity index is 692. The Labute approximate surface area is 191 Å². The van der Waals surface area contributed by atoms with Crippen LogP contribution in [0.15, 0.2) is 46.6 Å². The van der Waals surface area contributed by atoms with Gasteiger partial charge in [-0.3, -0.25) is 9.59 Å². The summed E-state index contributed by atoms with van der Waals surface area (Å²) < 4.78 is 4.91. The highest BCUT2D eigenvalue weighted by molar-refractivity contribution is 5.88. The second-order valence-electron chi connectivity index (χ2n) is 10.0. The van der Waals surface area contributed by atoms with Crippen molar-refractivity contribution in [2.75, 3.05) is 7.11 Å². The predicted molar refractivity (Wildman–Crippen MR) is 133 cm³/mol. The zero-order valence-corrected chi connectivity index (χ0v) is 21.6. The number of hydrogen-bond donors (Lipinski definition) is 0.